The molecule has 0 amide bonds. The zero-order valence-corrected chi connectivity index (χ0v) is 12.5. The van der Waals surface area contributed by atoms with Crippen LogP contribution in [0.5, 0.6) is 0 Å². The largest absolute Gasteiger partial charge is 0.388 e. The van der Waals surface area contributed by atoms with E-state index in [1.54, 1.807) is 11.3 Å². The molecule has 0 fully saturated rings. The first kappa shape index (κ1) is 13.1. The number of hydrogen-bond donors (Lipinski definition) is 1. The molecule has 2 rings (SSSR count). The van der Waals surface area contributed by atoms with Crippen molar-refractivity contribution in [1.29, 1.82) is 0 Å². The van der Waals surface area contributed by atoms with Crippen LogP contribution in [-0.2, 0) is 0 Å². The SMILES string of the molecule is CC(C)CCC(O)c1csc2c(Br)cccc12. The highest BCUT2D eigenvalue weighted by atomic mass is 79.9. The second-order valence-corrected chi connectivity index (χ2v) is 6.53. The molecule has 0 saturated heterocycles. The Morgan fingerprint density at radius 3 is 2.76 bits per heavy atom. The number of benzene rings is 1. The van der Waals surface area contributed by atoms with Crippen LogP contribution in [-0.4, -0.2) is 5.11 Å². The Kier molecular flexibility index (Phi) is 4.23. The molecular formula is C14H17BrOS. The average molecular weight is 313 g/mol. The number of hydrogen-bond acceptors (Lipinski definition) is 2. The monoisotopic (exact) mass is 312 g/mol. The lowest BCUT2D eigenvalue weighted by Gasteiger charge is -2.11. The van der Waals surface area contributed by atoms with E-state index in [1.807, 2.05) is 12.1 Å². The van der Waals surface area contributed by atoms with E-state index in [0.717, 1.165) is 22.9 Å². The molecule has 0 aliphatic heterocycles. The molecule has 1 aromatic heterocycles. The number of fused-ring (bicyclic) bond motifs is 1. The maximum atomic E-state index is 10.2. The summed E-state index contributed by atoms with van der Waals surface area (Å²) in [6.07, 6.45) is 1.57. The number of aliphatic hydroxyl groups is 1. The van der Waals surface area contributed by atoms with Crippen LogP contribution < -0.4 is 0 Å². The van der Waals surface area contributed by atoms with Crippen molar-refractivity contribution >= 4 is 37.4 Å². The van der Waals surface area contributed by atoms with Gasteiger partial charge < -0.3 is 5.11 Å². The maximum Gasteiger partial charge on any atom is 0.0804 e. The molecule has 17 heavy (non-hydrogen) atoms. The van der Waals surface area contributed by atoms with Crippen LogP contribution in [0.4, 0.5) is 0 Å². The second kappa shape index (κ2) is 5.51. The molecule has 0 bridgehead atoms. The zero-order chi connectivity index (χ0) is 12.4. The third-order valence-corrected chi connectivity index (χ3v) is 4.93. The molecule has 1 nitrogen and oxygen atoms in total. The maximum absolute atomic E-state index is 10.2. The normalized spacial score (nSPS) is 13.5. The molecule has 0 aliphatic rings. The molecule has 1 atom stereocenters. The summed E-state index contributed by atoms with van der Waals surface area (Å²) >= 11 is 5.25. The van der Waals surface area contributed by atoms with E-state index in [1.165, 1.54) is 10.1 Å². The summed E-state index contributed by atoms with van der Waals surface area (Å²) in [5.74, 6) is 0.640. The van der Waals surface area contributed by atoms with Gasteiger partial charge in [0.25, 0.3) is 0 Å². The van der Waals surface area contributed by atoms with Gasteiger partial charge in [-0.2, -0.15) is 0 Å². The lowest BCUT2D eigenvalue weighted by atomic mass is 9.99. The van der Waals surface area contributed by atoms with Gasteiger partial charge in [0.15, 0.2) is 0 Å². The van der Waals surface area contributed by atoms with Crippen molar-refractivity contribution < 1.29 is 5.11 Å². The molecule has 2 aromatic rings. The first-order chi connectivity index (χ1) is 8.09. The minimum Gasteiger partial charge on any atom is -0.388 e. The van der Waals surface area contributed by atoms with Gasteiger partial charge in [-0.05, 0) is 57.1 Å². The van der Waals surface area contributed by atoms with Gasteiger partial charge in [0, 0.05) is 9.17 Å². The number of halogens is 1. The van der Waals surface area contributed by atoms with E-state index >= 15 is 0 Å². The Balaban J connectivity index is 2.27. The Morgan fingerprint density at radius 1 is 1.29 bits per heavy atom. The van der Waals surface area contributed by atoms with Gasteiger partial charge in [-0.25, -0.2) is 0 Å². The predicted octanol–water partition coefficient (Wildman–Crippen LogP) is 5.13. The van der Waals surface area contributed by atoms with Crippen LogP contribution in [0.3, 0.4) is 0 Å². The van der Waals surface area contributed by atoms with E-state index in [9.17, 15) is 5.11 Å². The van der Waals surface area contributed by atoms with Gasteiger partial charge in [0.2, 0.25) is 0 Å². The molecule has 0 radical (unpaired) electrons. The van der Waals surface area contributed by atoms with Crippen molar-refractivity contribution in [2.45, 2.75) is 32.8 Å². The van der Waals surface area contributed by atoms with Crippen molar-refractivity contribution in [3.63, 3.8) is 0 Å². The summed E-state index contributed by atoms with van der Waals surface area (Å²) in [6.45, 7) is 4.38. The Morgan fingerprint density at radius 2 is 2.06 bits per heavy atom. The first-order valence-electron chi connectivity index (χ1n) is 5.93. The van der Waals surface area contributed by atoms with Crippen molar-refractivity contribution in [2.24, 2.45) is 5.92 Å². The summed E-state index contributed by atoms with van der Waals surface area (Å²) in [7, 11) is 0. The Bertz CT molecular complexity index is 504. The molecular weight excluding hydrogens is 296 g/mol. The molecule has 0 saturated carbocycles. The predicted molar refractivity (Wildman–Crippen MR) is 78.6 cm³/mol. The van der Waals surface area contributed by atoms with E-state index in [-0.39, 0.29) is 6.10 Å². The van der Waals surface area contributed by atoms with Crippen molar-refractivity contribution in [1.82, 2.24) is 0 Å². The van der Waals surface area contributed by atoms with E-state index in [0.29, 0.717) is 5.92 Å². The van der Waals surface area contributed by atoms with E-state index in [4.69, 9.17) is 0 Å². The third-order valence-electron chi connectivity index (χ3n) is 2.96. The van der Waals surface area contributed by atoms with Crippen LogP contribution in [0.25, 0.3) is 10.1 Å². The van der Waals surface area contributed by atoms with Crippen molar-refractivity contribution in [2.75, 3.05) is 0 Å². The highest BCUT2D eigenvalue weighted by Crippen LogP contribution is 2.36. The van der Waals surface area contributed by atoms with Crippen LogP contribution in [0.15, 0.2) is 28.1 Å². The fraction of sp³-hybridized carbons (Fsp3) is 0.429. The van der Waals surface area contributed by atoms with Crippen LogP contribution in [0.1, 0.15) is 38.4 Å². The quantitative estimate of drug-likeness (QED) is 0.829. The molecule has 0 spiro atoms. The second-order valence-electron chi connectivity index (χ2n) is 4.79. The van der Waals surface area contributed by atoms with Gasteiger partial charge in [-0.1, -0.05) is 26.0 Å². The average Bonchev–Trinajstić information content (AvgIpc) is 2.71. The molecule has 92 valence electrons. The van der Waals surface area contributed by atoms with Crippen LogP contribution >= 0.6 is 27.3 Å². The third kappa shape index (κ3) is 2.90. The highest BCUT2D eigenvalue weighted by Gasteiger charge is 2.14. The minimum absolute atomic E-state index is 0.333. The van der Waals surface area contributed by atoms with Crippen LogP contribution in [0.2, 0.25) is 0 Å². The summed E-state index contributed by atoms with van der Waals surface area (Å²) in [5.41, 5.74) is 1.08. The lowest BCUT2D eigenvalue weighted by molar-refractivity contribution is 0.161. The summed E-state index contributed by atoms with van der Waals surface area (Å²) in [5, 5.41) is 13.5. The molecule has 0 aliphatic carbocycles. The van der Waals surface area contributed by atoms with E-state index in [2.05, 4.69) is 41.2 Å². The fourth-order valence-electron chi connectivity index (χ4n) is 1.95. The first-order valence-corrected chi connectivity index (χ1v) is 7.60. The Labute approximate surface area is 115 Å². The van der Waals surface area contributed by atoms with Gasteiger partial charge in [0.1, 0.15) is 0 Å². The van der Waals surface area contributed by atoms with Gasteiger partial charge >= 0.3 is 0 Å². The summed E-state index contributed by atoms with van der Waals surface area (Å²) in [4.78, 5) is 0. The van der Waals surface area contributed by atoms with Crippen molar-refractivity contribution in [3.8, 4) is 0 Å². The van der Waals surface area contributed by atoms with E-state index < -0.39 is 0 Å². The molecule has 1 heterocycles. The summed E-state index contributed by atoms with van der Waals surface area (Å²) in [6, 6.07) is 6.16. The fourth-order valence-corrected chi connectivity index (χ4v) is 3.62. The van der Waals surface area contributed by atoms with Gasteiger partial charge in [-0.15, -0.1) is 11.3 Å². The molecule has 1 N–H and O–H groups in total. The Hall–Kier alpha value is -0.380. The molecule has 1 aromatic carbocycles. The van der Waals surface area contributed by atoms with Gasteiger partial charge in [0.05, 0.1) is 6.10 Å². The number of aliphatic hydroxyl groups excluding tert-OH is 1. The molecule has 1 unspecified atom stereocenters. The highest BCUT2D eigenvalue weighted by molar-refractivity contribution is 9.10. The standard InChI is InChI=1S/C14H17BrOS/c1-9(2)6-7-13(16)11-8-17-14-10(11)4-3-5-12(14)15/h3-5,8-9,13,16H,6-7H2,1-2H3. The minimum atomic E-state index is -0.333. The van der Waals surface area contributed by atoms with Crippen LogP contribution in [0, 0.1) is 5.92 Å². The topological polar surface area (TPSA) is 20.2 Å². The van der Waals surface area contributed by atoms with Gasteiger partial charge in [-0.3, -0.25) is 0 Å². The molecule has 3 heteroatoms. The van der Waals surface area contributed by atoms with Crippen molar-refractivity contribution in [3.05, 3.63) is 33.6 Å². The lowest BCUT2D eigenvalue weighted by Crippen LogP contribution is -1.98. The summed E-state index contributed by atoms with van der Waals surface area (Å²) < 4.78 is 2.34. The number of thiophene rings is 1. The zero-order valence-electron chi connectivity index (χ0n) is 10.1. The smallest absolute Gasteiger partial charge is 0.0804 e. The number of rotatable bonds is 4.